The molecule has 234 valence electrons. The fraction of sp³-hybridized carbons (Fsp3) is 0.500. The summed E-state index contributed by atoms with van der Waals surface area (Å²) < 4.78 is 34.4. The van der Waals surface area contributed by atoms with Crippen molar-refractivity contribution in [1.29, 1.82) is 0 Å². The quantitative estimate of drug-likeness (QED) is 0.0793. The van der Waals surface area contributed by atoms with E-state index in [0.29, 0.717) is 19.6 Å². The van der Waals surface area contributed by atoms with E-state index in [-0.39, 0.29) is 36.2 Å². The first-order chi connectivity index (χ1) is 20.0. The average molecular weight is 643 g/mol. The van der Waals surface area contributed by atoms with Crippen molar-refractivity contribution in [3.8, 4) is 11.5 Å². The van der Waals surface area contributed by atoms with Gasteiger partial charge in [0, 0.05) is 38.6 Å². The summed E-state index contributed by atoms with van der Waals surface area (Å²) in [6.07, 6.45) is 1.32. The van der Waals surface area contributed by atoms with Crippen molar-refractivity contribution in [3.05, 3.63) is 70.4 Å². The minimum atomic E-state index is -3.28. The van der Waals surface area contributed by atoms with Crippen LogP contribution in [0.2, 0.25) is 0 Å². The van der Waals surface area contributed by atoms with Crippen molar-refractivity contribution in [2.24, 2.45) is 0 Å². The van der Waals surface area contributed by atoms with E-state index in [4.69, 9.17) is 51.2 Å². The molecule has 0 bridgehead atoms. The number of nitrogens with zero attached hydrogens (tertiary/aromatic N) is 2. The predicted molar refractivity (Wildman–Crippen MR) is 171 cm³/mol. The van der Waals surface area contributed by atoms with E-state index in [1.54, 1.807) is 18.9 Å². The van der Waals surface area contributed by atoms with Crippen LogP contribution in [0.15, 0.2) is 59.3 Å². The van der Waals surface area contributed by atoms with Crippen LogP contribution < -0.4 is 9.47 Å². The van der Waals surface area contributed by atoms with Crippen LogP contribution in [0.1, 0.15) is 31.9 Å². The molecule has 0 aromatic heterocycles. The van der Waals surface area contributed by atoms with E-state index in [1.807, 2.05) is 69.2 Å². The minimum absolute atomic E-state index is 0.0709. The number of aryl methyl sites for hydroxylation is 2. The summed E-state index contributed by atoms with van der Waals surface area (Å²) >= 11 is 11.8. The largest absolute Gasteiger partial charge is 0.497 e. The second kappa shape index (κ2) is 18.5. The summed E-state index contributed by atoms with van der Waals surface area (Å²) in [4.78, 5) is 16.2. The second-order valence-corrected chi connectivity index (χ2v) is 13.1. The van der Waals surface area contributed by atoms with Crippen LogP contribution in [-0.2, 0) is 47.8 Å². The smallest absolute Gasteiger partial charge is 0.382 e. The van der Waals surface area contributed by atoms with Gasteiger partial charge in [0.05, 0.1) is 7.11 Å². The van der Waals surface area contributed by atoms with E-state index in [1.165, 1.54) is 12.7 Å². The van der Waals surface area contributed by atoms with Gasteiger partial charge in [0.25, 0.3) is 5.91 Å². The van der Waals surface area contributed by atoms with E-state index < -0.39 is 6.72 Å². The van der Waals surface area contributed by atoms with Crippen molar-refractivity contribution in [2.45, 2.75) is 39.7 Å². The number of rotatable bonds is 19. The molecular weight excluding hydrogens is 599 g/mol. The van der Waals surface area contributed by atoms with Crippen LogP contribution in [0.5, 0.6) is 11.5 Å². The molecule has 2 rings (SSSR count). The summed E-state index contributed by atoms with van der Waals surface area (Å²) in [6, 6.07) is 16.1. The van der Waals surface area contributed by atoms with E-state index in [0.717, 1.165) is 29.9 Å². The summed E-state index contributed by atoms with van der Waals surface area (Å²) in [5, 5.41) is -0.0709. The van der Waals surface area contributed by atoms with Crippen LogP contribution in [-0.4, -0.2) is 83.2 Å². The van der Waals surface area contributed by atoms with E-state index in [2.05, 4.69) is 12.1 Å². The molecule has 0 aliphatic rings. The first-order valence-electron chi connectivity index (χ1n) is 13.8. The van der Waals surface area contributed by atoms with Crippen LogP contribution >= 0.6 is 18.3 Å². The Morgan fingerprint density at radius 3 is 2.40 bits per heavy atom. The molecule has 2 aromatic carbocycles. The number of halogens is 1. The van der Waals surface area contributed by atoms with Gasteiger partial charge >= 0.3 is 6.72 Å². The highest BCUT2D eigenvalue weighted by molar-refractivity contribution is 8.07. The molecule has 0 aliphatic heterocycles. The number of carbonyl (C=O) groups is 1. The fourth-order valence-corrected chi connectivity index (χ4v) is 5.54. The molecule has 2 aromatic rings. The third kappa shape index (κ3) is 11.8. The molecule has 0 spiro atoms. The number of allylic oxidation sites excluding steroid dienone is 1. The lowest BCUT2D eigenvalue weighted by Gasteiger charge is -2.25. The Bertz CT molecular complexity index is 1210. The molecule has 0 saturated carbocycles. The molecule has 0 radical (unpaired) electrons. The summed E-state index contributed by atoms with van der Waals surface area (Å²) in [5.74, 6) is 1.43. The Hall–Kier alpha value is -2.17. The Labute approximate surface area is 260 Å². The van der Waals surface area contributed by atoms with Crippen molar-refractivity contribution < 1.29 is 32.6 Å². The number of carbonyl (C=O) groups excluding carboxylic acids is 1. The predicted octanol–water partition coefficient (Wildman–Crippen LogP) is 6.01. The lowest BCUT2D eigenvalue weighted by molar-refractivity contribution is -0.126. The molecule has 0 heterocycles. The monoisotopic (exact) mass is 642 g/mol. The SMILES string of the molecule is CCN(CC)C(=O)/C(Cl)=C(/C)OP(=S)(OC)OCO[C@@H](COc1ccccc1CCc1cccc(OC)c1)CN(C)C. The van der Waals surface area contributed by atoms with Gasteiger partial charge < -0.3 is 33.1 Å². The lowest BCUT2D eigenvalue weighted by atomic mass is 10.0. The van der Waals surface area contributed by atoms with Crippen LogP contribution in [0.25, 0.3) is 0 Å². The number of para-hydroxylation sites is 1. The van der Waals surface area contributed by atoms with Crippen molar-refractivity contribution in [2.75, 3.05) is 61.3 Å². The van der Waals surface area contributed by atoms with Crippen LogP contribution in [0, 0.1) is 0 Å². The van der Waals surface area contributed by atoms with Gasteiger partial charge in [-0.25, -0.2) is 0 Å². The number of ether oxygens (including phenoxy) is 3. The average Bonchev–Trinajstić information content (AvgIpc) is 2.99. The number of likely N-dealkylation sites (N-methyl/N-ethyl adjacent to an activating group) is 2. The molecule has 2 atom stereocenters. The number of benzene rings is 2. The van der Waals surface area contributed by atoms with Gasteiger partial charge in [-0.3, -0.25) is 9.32 Å². The van der Waals surface area contributed by atoms with Crippen molar-refractivity contribution in [1.82, 2.24) is 9.80 Å². The zero-order valence-electron chi connectivity index (χ0n) is 25.6. The van der Waals surface area contributed by atoms with E-state index in [9.17, 15) is 4.79 Å². The highest BCUT2D eigenvalue weighted by atomic mass is 35.5. The Kier molecular flexibility index (Phi) is 15.9. The highest BCUT2D eigenvalue weighted by Crippen LogP contribution is 2.51. The highest BCUT2D eigenvalue weighted by Gasteiger charge is 2.26. The van der Waals surface area contributed by atoms with Gasteiger partial charge in [0.2, 0.25) is 0 Å². The van der Waals surface area contributed by atoms with Crippen LogP contribution in [0.4, 0.5) is 0 Å². The van der Waals surface area contributed by atoms with Crippen molar-refractivity contribution >= 4 is 36.0 Å². The van der Waals surface area contributed by atoms with E-state index >= 15 is 0 Å². The lowest BCUT2D eigenvalue weighted by Crippen LogP contribution is -2.34. The second-order valence-electron chi connectivity index (χ2n) is 9.64. The zero-order valence-corrected chi connectivity index (χ0v) is 28.1. The number of methoxy groups -OCH3 is 1. The first kappa shape index (κ1) is 36.0. The topological polar surface area (TPSA) is 78.9 Å². The number of hydrogen-bond donors (Lipinski definition) is 0. The third-order valence-electron chi connectivity index (χ3n) is 6.32. The minimum Gasteiger partial charge on any atom is -0.497 e. The number of hydrogen-bond acceptors (Lipinski definition) is 9. The Morgan fingerprint density at radius 2 is 1.76 bits per heavy atom. The van der Waals surface area contributed by atoms with Gasteiger partial charge in [-0.15, -0.1) is 0 Å². The molecule has 9 nitrogen and oxygen atoms in total. The van der Waals surface area contributed by atoms with Gasteiger partial charge in [-0.05, 0) is 77.0 Å². The summed E-state index contributed by atoms with van der Waals surface area (Å²) in [6.45, 7) is 3.72. The molecular formula is C30H44ClN2O7PS. The van der Waals surface area contributed by atoms with Gasteiger partial charge in [-0.2, -0.15) is 0 Å². The molecule has 12 heteroatoms. The Morgan fingerprint density at radius 1 is 1.05 bits per heavy atom. The summed E-state index contributed by atoms with van der Waals surface area (Å²) in [7, 11) is 6.95. The van der Waals surface area contributed by atoms with Gasteiger partial charge in [-0.1, -0.05) is 41.9 Å². The van der Waals surface area contributed by atoms with Crippen molar-refractivity contribution in [3.63, 3.8) is 0 Å². The Balaban J connectivity index is 2.01. The first-order valence-corrected chi connectivity index (χ1v) is 16.7. The maximum absolute atomic E-state index is 12.6. The summed E-state index contributed by atoms with van der Waals surface area (Å²) in [5.41, 5.74) is 2.29. The maximum atomic E-state index is 12.6. The molecule has 42 heavy (non-hydrogen) atoms. The van der Waals surface area contributed by atoms with Gasteiger partial charge in [0.1, 0.15) is 35.0 Å². The zero-order chi connectivity index (χ0) is 31.1. The number of amides is 1. The standard InChI is InChI=1S/C30H44ClN2O7PS/c1-8-33(9-2)30(34)29(31)23(3)40-41(42,36-7)39-22-38-27(20-32(4)5)21-37-28-16-11-10-14-25(28)18-17-24-13-12-15-26(19-24)35-6/h10-16,19,27H,8-9,17-18,20-22H2,1-7H3/b29-23+/t27-,41?/m1/s1. The molecule has 0 N–H and O–H groups in total. The molecule has 0 fully saturated rings. The normalized spacial score (nSPS) is 14.1. The maximum Gasteiger partial charge on any atom is 0.382 e. The molecule has 1 unspecified atom stereocenters. The van der Waals surface area contributed by atoms with Gasteiger partial charge in [0.15, 0.2) is 6.79 Å². The molecule has 0 saturated heterocycles. The molecule has 0 aliphatic carbocycles. The fourth-order valence-electron chi connectivity index (χ4n) is 4.02. The molecule has 1 amide bonds. The van der Waals surface area contributed by atoms with Crippen LogP contribution in [0.3, 0.4) is 0 Å². The third-order valence-corrected chi connectivity index (χ3v) is 9.10.